The van der Waals surface area contributed by atoms with Crippen molar-refractivity contribution in [3.8, 4) is 11.6 Å². The van der Waals surface area contributed by atoms with Crippen molar-refractivity contribution in [2.24, 2.45) is 0 Å². The maximum absolute atomic E-state index is 12.9. The molecule has 2 aromatic heterocycles. The first-order valence-electron chi connectivity index (χ1n) is 9.65. The third kappa shape index (κ3) is 4.86. The third-order valence-corrected chi connectivity index (χ3v) is 5.48. The predicted octanol–water partition coefficient (Wildman–Crippen LogP) is 4.80. The number of aromatic nitrogens is 1. The number of nitrogens with zero attached hydrogens (tertiary/aromatic N) is 2. The number of pyridine rings is 1. The molecule has 1 aliphatic rings. The summed E-state index contributed by atoms with van der Waals surface area (Å²) in [6.45, 7) is 2.47. The summed E-state index contributed by atoms with van der Waals surface area (Å²) in [5, 5.41) is 3.03. The van der Waals surface area contributed by atoms with Crippen LogP contribution in [0.25, 0.3) is 0 Å². The van der Waals surface area contributed by atoms with Crippen LogP contribution in [-0.2, 0) is 0 Å². The van der Waals surface area contributed by atoms with Gasteiger partial charge in [0, 0.05) is 17.2 Å². The Hall–Kier alpha value is -2.64. The van der Waals surface area contributed by atoms with Crippen molar-refractivity contribution in [1.82, 2.24) is 15.2 Å². The van der Waals surface area contributed by atoms with Gasteiger partial charge in [0.15, 0.2) is 0 Å². The number of hydrogen-bond acceptors (Lipinski definition) is 5. The second kappa shape index (κ2) is 9.24. The summed E-state index contributed by atoms with van der Waals surface area (Å²) in [6.07, 6.45) is 5.62. The molecule has 4 rings (SSSR count). The molecule has 0 radical (unpaired) electrons. The molecule has 0 spiro atoms. The van der Waals surface area contributed by atoms with E-state index in [0.29, 0.717) is 17.9 Å². The Morgan fingerprint density at radius 1 is 1.17 bits per heavy atom. The van der Waals surface area contributed by atoms with Gasteiger partial charge in [-0.15, -0.1) is 0 Å². The third-order valence-electron chi connectivity index (χ3n) is 4.95. The Bertz CT molecular complexity index is 938. The number of rotatable bonds is 7. The fraction of sp³-hybridized carbons (Fsp3) is 0.273. The van der Waals surface area contributed by atoms with Crippen LogP contribution in [0.1, 0.15) is 35.0 Å². The molecule has 0 saturated carbocycles. The van der Waals surface area contributed by atoms with Crippen LogP contribution < -0.4 is 10.1 Å². The highest BCUT2D eigenvalue weighted by Crippen LogP contribution is 2.27. The van der Waals surface area contributed by atoms with E-state index in [9.17, 15) is 4.79 Å². The molecule has 29 heavy (non-hydrogen) atoms. The smallest absolute Gasteiger partial charge is 0.256 e. The fourth-order valence-electron chi connectivity index (χ4n) is 3.49. The lowest BCUT2D eigenvalue weighted by Gasteiger charge is -2.26. The first-order valence-corrected chi connectivity index (χ1v) is 10.4. The lowest BCUT2D eigenvalue weighted by molar-refractivity contribution is 0.0931. The molecule has 1 fully saturated rings. The SMILES string of the molecule is O=C(NCC(c1ccco1)N1CCCC1)c1cccnc1Oc1ccc(Br)cc1. The highest BCUT2D eigenvalue weighted by molar-refractivity contribution is 9.10. The van der Waals surface area contributed by atoms with Crippen LogP contribution in [0.3, 0.4) is 0 Å². The Morgan fingerprint density at radius 2 is 1.97 bits per heavy atom. The highest BCUT2D eigenvalue weighted by atomic mass is 79.9. The Labute approximate surface area is 178 Å². The summed E-state index contributed by atoms with van der Waals surface area (Å²) in [6, 6.07) is 14.7. The van der Waals surface area contributed by atoms with Crippen molar-refractivity contribution in [1.29, 1.82) is 0 Å². The number of nitrogens with one attached hydrogen (secondary N) is 1. The summed E-state index contributed by atoms with van der Waals surface area (Å²) in [7, 11) is 0. The number of furan rings is 1. The molecule has 1 N–H and O–H groups in total. The van der Waals surface area contributed by atoms with Crippen molar-refractivity contribution in [2.75, 3.05) is 19.6 Å². The number of amides is 1. The second-order valence-corrected chi connectivity index (χ2v) is 7.81. The largest absolute Gasteiger partial charge is 0.468 e. The van der Waals surface area contributed by atoms with E-state index in [0.717, 1.165) is 23.3 Å². The van der Waals surface area contributed by atoms with Crippen LogP contribution in [0.4, 0.5) is 0 Å². The summed E-state index contributed by atoms with van der Waals surface area (Å²) in [5.41, 5.74) is 0.398. The normalized spacial score (nSPS) is 15.2. The van der Waals surface area contributed by atoms with Crippen molar-refractivity contribution in [3.05, 3.63) is 76.8 Å². The number of carbonyl (C=O) groups excluding carboxylic acids is 1. The van der Waals surface area contributed by atoms with E-state index in [1.165, 1.54) is 12.8 Å². The zero-order valence-corrected chi connectivity index (χ0v) is 17.5. The van der Waals surface area contributed by atoms with Gasteiger partial charge < -0.3 is 14.5 Å². The number of likely N-dealkylation sites (tertiary alicyclic amines) is 1. The van der Waals surface area contributed by atoms with Gasteiger partial charge in [0.25, 0.3) is 5.91 Å². The van der Waals surface area contributed by atoms with Gasteiger partial charge in [0.2, 0.25) is 5.88 Å². The molecule has 1 aromatic carbocycles. The summed E-state index contributed by atoms with van der Waals surface area (Å²) in [5.74, 6) is 1.54. The number of benzene rings is 1. The van der Waals surface area contributed by atoms with Gasteiger partial charge in [0.1, 0.15) is 17.1 Å². The Balaban J connectivity index is 1.47. The van der Waals surface area contributed by atoms with Gasteiger partial charge in [-0.05, 0) is 74.5 Å². The molecule has 1 atom stereocenters. The molecular weight excluding hydrogens is 434 g/mol. The van der Waals surface area contributed by atoms with Crippen molar-refractivity contribution in [3.63, 3.8) is 0 Å². The Morgan fingerprint density at radius 3 is 2.69 bits per heavy atom. The summed E-state index contributed by atoms with van der Waals surface area (Å²) >= 11 is 3.40. The van der Waals surface area contributed by atoms with Gasteiger partial charge in [-0.3, -0.25) is 9.69 Å². The fourth-order valence-corrected chi connectivity index (χ4v) is 3.75. The average Bonchev–Trinajstić information content (AvgIpc) is 3.45. The lowest BCUT2D eigenvalue weighted by Crippen LogP contribution is -2.36. The number of ether oxygens (including phenoxy) is 1. The van der Waals surface area contributed by atoms with Gasteiger partial charge in [0.05, 0.1) is 12.3 Å². The number of hydrogen-bond donors (Lipinski definition) is 1. The van der Waals surface area contributed by atoms with Crippen molar-refractivity contribution >= 4 is 21.8 Å². The van der Waals surface area contributed by atoms with Gasteiger partial charge >= 0.3 is 0 Å². The topological polar surface area (TPSA) is 67.6 Å². The molecule has 7 heteroatoms. The number of halogens is 1. The molecule has 1 amide bonds. The average molecular weight is 456 g/mol. The van der Waals surface area contributed by atoms with Crippen LogP contribution >= 0.6 is 15.9 Å². The van der Waals surface area contributed by atoms with E-state index in [2.05, 4.69) is 31.1 Å². The second-order valence-electron chi connectivity index (χ2n) is 6.90. The molecule has 0 aliphatic carbocycles. The lowest BCUT2D eigenvalue weighted by atomic mass is 10.2. The van der Waals surface area contributed by atoms with Crippen LogP contribution in [0, 0.1) is 0 Å². The minimum atomic E-state index is -0.221. The first-order chi connectivity index (χ1) is 14.2. The monoisotopic (exact) mass is 455 g/mol. The van der Waals surface area contributed by atoms with Gasteiger partial charge in [-0.25, -0.2) is 4.98 Å². The molecular formula is C22H22BrN3O3. The quantitative estimate of drug-likeness (QED) is 0.554. The molecule has 3 heterocycles. The van der Waals surface area contributed by atoms with Crippen molar-refractivity contribution < 1.29 is 13.9 Å². The predicted molar refractivity (Wildman–Crippen MR) is 113 cm³/mol. The zero-order chi connectivity index (χ0) is 20.1. The maximum atomic E-state index is 12.9. The molecule has 0 bridgehead atoms. The Kier molecular flexibility index (Phi) is 6.27. The standard InChI is InChI=1S/C22H22BrN3O3/c23-16-7-9-17(10-8-16)29-22-18(5-3-11-24-22)21(27)25-15-19(20-6-4-14-28-20)26-12-1-2-13-26/h3-11,14,19H,1-2,12-13,15H2,(H,25,27). The molecule has 150 valence electrons. The van der Waals surface area contributed by atoms with Gasteiger partial charge in [-0.1, -0.05) is 15.9 Å². The van der Waals surface area contributed by atoms with Crippen molar-refractivity contribution in [2.45, 2.75) is 18.9 Å². The molecule has 6 nitrogen and oxygen atoms in total. The van der Waals surface area contributed by atoms with Crippen LogP contribution in [0.2, 0.25) is 0 Å². The first kappa shape index (κ1) is 19.7. The van der Waals surface area contributed by atoms with E-state index < -0.39 is 0 Å². The molecule has 1 saturated heterocycles. The highest BCUT2D eigenvalue weighted by Gasteiger charge is 2.26. The van der Waals surface area contributed by atoms with E-state index in [1.807, 2.05) is 36.4 Å². The van der Waals surface area contributed by atoms with Crippen LogP contribution in [-0.4, -0.2) is 35.4 Å². The number of carbonyl (C=O) groups is 1. The summed E-state index contributed by atoms with van der Waals surface area (Å²) < 4.78 is 12.4. The maximum Gasteiger partial charge on any atom is 0.256 e. The van der Waals surface area contributed by atoms with Crippen LogP contribution in [0.5, 0.6) is 11.6 Å². The minimum Gasteiger partial charge on any atom is -0.468 e. The molecule has 1 unspecified atom stereocenters. The van der Waals surface area contributed by atoms with E-state index >= 15 is 0 Å². The van der Waals surface area contributed by atoms with Gasteiger partial charge in [-0.2, -0.15) is 0 Å². The zero-order valence-electron chi connectivity index (χ0n) is 15.9. The van der Waals surface area contributed by atoms with E-state index in [1.54, 1.807) is 24.6 Å². The molecule has 3 aromatic rings. The van der Waals surface area contributed by atoms with E-state index in [-0.39, 0.29) is 17.8 Å². The van der Waals surface area contributed by atoms with E-state index in [4.69, 9.17) is 9.15 Å². The minimum absolute atomic E-state index is 0.0176. The summed E-state index contributed by atoms with van der Waals surface area (Å²) in [4.78, 5) is 19.5. The van der Waals surface area contributed by atoms with Crippen LogP contribution in [0.15, 0.2) is 69.9 Å². The molecule has 1 aliphatic heterocycles.